The number of pyridine rings is 1. The normalized spacial score (nSPS) is 20.0. The van der Waals surface area contributed by atoms with Crippen LogP contribution in [0, 0.1) is 0 Å². The van der Waals surface area contributed by atoms with Crippen molar-refractivity contribution in [1.82, 2.24) is 19.5 Å². The van der Waals surface area contributed by atoms with Gasteiger partial charge in [-0.15, -0.1) is 0 Å². The Labute approximate surface area is 153 Å². The molecule has 0 bridgehead atoms. The van der Waals surface area contributed by atoms with Crippen LogP contribution in [0.2, 0.25) is 0 Å². The number of nitrogens with zero attached hydrogens (tertiary/aromatic N) is 3. The fourth-order valence-electron chi connectivity index (χ4n) is 2.92. The zero-order chi connectivity index (χ0) is 19.3. The average Bonchev–Trinajstić information content (AvgIpc) is 2.56. The Kier molecular flexibility index (Phi) is 6.68. The van der Waals surface area contributed by atoms with Crippen molar-refractivity contribution in [3.05, 3.63) is 24.5 Å². The summed E-state index contributed by atoms with van der Waals surface area (Å²) in [7, 11) is -2.42. The summed E-state index contributed by atoms with van der Waals surface area (Å²) in [4.78, 5) is 28.6. The van der Waals surface area contributed by atoms with Crippen LogP contribution in [0.3, 0.4) is 0 Å². The number of sulfonamides is 1. The maximum absolute atomic E-state index is 12.4. The van der Waals surface area contributed by atoms with E-state index < -0.39 is 16.0 Å². The molecule has 1 fully saturated rings. The van der Waals surface area contributed by atoms with Crippen molar-refractivity contribution in [2.45, 2.75) is 36.7 Å². The molecule has 2 rings (SSSR count). The number of nitrogens with one attached hydrogen (secondary N) is 1. The number of amides is 1. The molecule has 0 aromatic carbocycles. The number of rotatable bonds is 9. The third kappa shape index (κ3) is 4.99. The molecule has 10 heteroatoms. The van der Waals surface area contributed by atoms with Crippen LogP contribution < -0.4 is 5.32 Å². The topological polar surface area (TPSA) is 120 Å². The minimum Gasteiger partial charge on any atom is -0.480 e. The standard InChI is InChI=1S/C16H24N4O5S/c1-3-20(11-16(22)23)13-7-12(8-13)18-15(21)10-19(2)26(24,25)14-5-4-6-17-9-14/h4-6,9,12-13H,3,7-8,10-11H2,1-2H3,(H,18,21)(H,22,23). The number of hydrogen-bond donors (Lipinski definition) is 2. The maximum atomic E-state index is 12.4. The highest BCUT2D eigenvalue weighted by molar-refractivity contribution is 7.89. The molecule has 26 heavy (non-hydrogen) atoms. The van der Waals surface area contributed by atoms with Gasteiger partial charge < -0.3 is 10.4 Å². The highest BCUT2D eigenvalue weighted by Gasteiger charge is 2.35. The number of hydrogen-bond acceptors (Lipinski definition) is 6. The molecule has 0 spiro atoms. The molecule has 1 amide bonds. The first-order valence-electron chi connectivity index (χ1n) is 8.35. The zero-order valence-electron chi connectivity index (χ0n) is 14.8. The van der Waals surface area contributed by atoms with E-state index >= 15 is 0 Å². The Balaban J connectivity index is 1.82. The van der Waals surface area contributed by atoms with Gasteiger partial charge in [0, 0.05) is 31.5 Å². The summed E-state index contributed by atoms with van der Waals surface area (Å²) < 4.78 is 25.7. The molecule has 1 saturated carbocycles. The van der Waals surface area contributed by atoms with Crippen LogP contribution in [0.5, 0.6) is 0 Å². The summed E-state index contributed by atoms with van der Waals surface area (Å²) >= 11 is 0. The second kappa shape index (κ2) is 8.56. The van der Waals surface area contributed by atoms with Gasteiger partial charge in [-0.25, -0.2) is 8.42 Å². The Morgan fingerprint density at radius 1 is 1.35 bits per heavy atom. The van der Waals surface area contributed by atoms with Crippen molar-refractivity contribution >= 4 is 21.9 Å². The molecule has 2 N–H and O–H groups in total. The van der Waals surface area contributed by atoms with Gasteiger partial charge in [-0.05, 0) is 31.5 Å². The molecule has 144 valence electrons. The van der Waals surface area contributed by atoms with Crippen LogP contribution in [0.4, 0.5) is 0 Å². The monoisotopic (exact) mass is 384 g/mol. The van der Waals surface area contributed by atoms with E-state index in [0.717, 1.165) is 4.31 Å². The van der Waals surface area contributed by atoms with Gasteiger partial charge in [0.05, 0.1) is 13.1 Å². The minimum absolute atomic E-state index is 0.0199. The number of carboxylic acids is 1. The van der Waals surface area contributed by atoms with Crippen molar-refractivity contribution in [2.24, 2.45) is 0 Å². The first kappa shape index (κ1) is 20.3. The summed E-state index contributed by atoms with van der Waals surface area (Å²) in [5.41, 5.74) is 0. The first-order chi connectivity index (χ1) is 12.2. The predicted octanol–water partition coefficient (Wildman–Crippen LogP) is -0.244. The summed E-state index contributed by atoms with van der Waals surface area (Å²) in [6, 6.07) is 3.00. The molecule has 0 radical (unpaired) electrons. The van der Waals surface area contributed by atoms with Crippen molar-refractivity contribution in [1.29, 1.82) is 0 Å². The van der Waals surface area contributed by atoms with E-state index in [1.807, 2.05) is 11.8 Å². The SMILES string of the molecule is CCN(CC(=O)O)C1CC(NC(=O)CN(C)S(=O)(=O)c2cccnc2)C1. The van der Waals surface area contributed by atoms with Gasteiger partial charge in [-0.1, -0.05) is 6.92 Å². The second-order valence-corrected chi connectivity index (χ2v) is 8.34. The van der Waals surface area contributed by atoms with Crippen LogP contribution in [-0.4, -0.2) is 78.4 Å². The summed E-state index contributed by atoms with van der Waals surface area (Å²) in [5, 5.41) is 11.7. The highest BCUT2D eigenvalue weighted by Crippen LogP contribution is 2.25. The summed E-state index contributed by atoms with van der Waals surface area (Å²) in [5.74, 6) is -1.26. The van der Waals surface area contributed by atoms with E-state index in [9.17, 15) is 18.0 Å². The second-order valence-electron chi connectivity index (χ2n) is 6.30. The number of carbonyl (C=O) groups excluding carboxylic acids is 1. The predicted molar refractivity (Wildman–Crippen MR) is 93.9 cm³/mol. The first-order valence-corrected chi connectivity index (χ1v) is 9.79. The molecule has 0 unspecified atom stereocenters. The molecule has 0 atom stereocenters. The summed E-state index contributed by atoms with van der Waals surface area (Å²) in [6.45, 7) is 2.22. The zero-order valence-corrected chi connectivity index (χ0v) is 15.6. The molecule has 1 aliphatic rings. The van der Waals surface area contributed by atoms with Crippen molar-refractivity contribution < 1.29 is 23.1 Å². The third-order valence-electron chi connectivity index (χ3n) is 4.45. The maximum Gasteiger partial charge on any atom is 0.317 e. The van der Waals surface area contributed by atoms with Crippen LogP contribution in [0.15, 0.2) is 29.4 Å². The Bertz CT molecular complexity index is 734. The largest absolute Gasteiger partial charge is 0.480 e. The number of carboxylic acid groups (broad SMARTS) is 1. The fraction of sp³-hybridized carbons (Fsp3) is 0.562. The number of aliphatic carboxylic acids is 1. The minimum atomic E-state index is -3.76. The quantitative estimate of drug-likeness (QED) is 0.603. The number of carbonyl (C=O) groups is 2. The van der Waals surface area contributed by atoms with E-state index in [4.69, 9.17) is 5.11 Å². The lowest BCUT2D eigenvalue weighted by molar-refractivity contribution is -0.139. The Morgan fingerprint density at radius 2 is 2.04 bits per heavy atom. The average molecular weight is 384 g/mol. The van der Waals surface area contributed by atoms with Gasteiger partial charge >= 0.3 is 5.97 Å². The molecule has 1 aromatic heterocycles. The van der Waals surface area contributed by atoms with Crippen LogP contribution in [-0.2, 0) is 19.6 Å². The van der Waals surface area contributed by atoms with Crippen LogP contribution in [0.1, 0.15) is 19.8 Å². The number of likely N-dealkylation sites (N-methyl/N-ethyl adjacent to an activating group) is 2. The lowest BCUT2D eigenvalue weighted by Crippen LogP contribution is -2.56. The third-order valence-corrected chi connectivity index (χ3v) is 6.24. The van der Waals surface area contributed by atoms with Gasteiger partial charge in [0.25, 0.3) is 0 Å². The molecule has 0 aliphatic heterocycles. The van der Waals surface area contributed by atoms with Crippen molar-refractivity contribution in [3.63, 3.8) is 0 Å². The summed E-state index contributed by atoms with van der Waals surface area (Å²) in [6.07, 6.45) is 4.03. The Hall–Kier alpha value is -2.04. The molecule has 0 saturated heterocycles. The molecular weight excluding hydrogens is 360 g/mol. The van der Waals surface area contributed by atoms with Gasteiger partial charge in [0.2, 0.25) is 15.9 Å². The lowest BCUT2D eigenvalue weighted by Gasteiger charge is -2.42. The molecule has 1 aliphatic carbocycles. The smallest absolute Gasteiger partial charge is 0.317 e. The van der Waals surface area contributed by atoms with Crippen molar-refractivity contribution in [2.75, 3.05) is 26.7 Å². The van der Waals surface area contributed by atoms with E-state index in [1.165, 1.54) is 31.6 Å². The van der Waals surface area contributed by atoms with Gasteiger partial charge in [0.15, 0.2) is 0 Å². The van der Waals surface area contributed by atoms with E-state index in [0.29, 0.717) is 19.4 Å². The lowest BCUT2D eigenvalue weighted by atomic mass is 9.85. The van der Waals surface area contributed by atoms with Crippen LogP contribution >= 0.6 is 0 Å². The van der Waals surface area contributed by atoms with E-state index in [-0.39, 0.29) is 36.0 Å². The van der Waals surface area contributed by atoms with Crippen LogP contribution in [0.25, 0.3) is 0 Å². The van der Waals surface area contributed by atoms with E-state index in [2.05, 4.69) is 10.3 Å². The molecule has 9 nitrogen and oxygen atoms in total. The van der Waals surface area contributed by atoms with Crippen molar-refractivity contribution in [3.8, 4) is 0 Å². The van der Waals surface area contributed by atoms with Gasteiger partial charge in [-0.3, -0.25) is 19.5 Å². The molecule has 1 heterocycles. The van der Waals surface area contributed by atoms with Gasteiger partial charge in [-0.2, -0.15) is 4.31 Å². The Morgan fingerprint density at radius 3 is 2.58 bits per heavy atom. The number of aromatic nitrogens is 1. The van der Waals surface area contributed by atoms with E-state index in [1.54, 1.807) is 0 Å². The fourth-order valence-corrected chi connectivity index (χ4v) is 4.01. The molecule has 1 aromatic rings. The highest BCUT2D eigenvalue weighted by atomic mass is 32.2. The molecular formula is C16H24N4O5S. The van der Waals surface area contributed by atoms with Gasteiger partial charge in [0.1, 0.15) is 4.90 Å².